The van der Waals surface area contributed by atoms with Gasteiger partial charge in [-0.2, -0.15) is 0 Å². The molecule has 0 aliphatic heterocycles. The van der Waals surface area contributed by atoms with Crippen LogP contribution in [0.2, 0.25) is 0 Å². The summed E-state index contributed by atoms with van der Waals surface area (Å²) in [4.78, 5) is 0. The molecule has 0 fully saturated rings. The highest BCUT2D eigenvalue weighted by atomic mass is 32.2. The Bertz CT molecular complexity index is 528. The van der Waals surface area contributed by atoms with Gasteiger partial charge in [-0.1, -0.05) is 18.7 Å². The van der Waals surface area contributed by atoms with E-state index in [4.69, 9.17) is 13.9 Å². The minimum Gasteiger partial charge on any atom is -0.497 e. The van der Waals surface area contributed by atoms with Crippen molar-refractivity contribution in [2.45, 2.75) is 12.1 Å². The minimum atomic E-state index is 0.449. The lowest BCUT2D eigenvalue weighted by Crippen LogP contribution is -1.90. The number of methoxy groups -OCH3 is 2. The second-order valence-electron chi connectivity index (χ2n) is 3.37. The molecular formula is C12H14N2O3S. The van der Waals surface area contributed by atoms with Crippen molar-refractivity contribution in [2.75, 3.05) is 20.0 Å². The van der Waals surface area contributed by atoms with Crippen LogP contribution in [0, 0.1) is 0 Å². The van der Waals surface area contributed by atoms with E-state index in [-0.39, 0.29) is 0 Å². The van der Waals surface area contributed by atoms with Crippen LogP contribution in [0.3, 0.4) is 0 Å². The minimum absolute atomic E-state index is 0.449. The van der Waals surface area contributed by atoms with E-state index in [1.54, 1.807) is 20.3 Å². The van der Waals surface area contributed by atoms with Crippen molar-refractivity contribution in [3.63, 3.8) is 0 Å². The van der Waals surface area contributed by atoms with E-state index in [0.29, 0.717) is 16.9 Å². The van der Waals surface area contributed by atoms with E-state index in [0.717, 1.165) is 17.1 Å². The first-order chi connectivity index (χ1) is 8.78. The standard InChI is InChI=1S/C12H14N2O3S/c1-4-18-12-14-13-11(17-12)9-6-5-8(15-2)7-10(9)16-3/h5-7H,4H2,1-3H3. The van der Waals surface area contributed by atoms with Gasteiger partial charge < -0.3 is 13.9 Å². The van der Waals surface area contributed by atoms with Crippen molar-refractivity contribution in [3.8, 4) is 23.0 Å². The molecule has 1 aromatic heterocycles. The Kier molecular flexibility index (Phi) is 4.09. The smallest absolute Gasteiger partial charge is 0.276 e. The van der Waals surface area contributed by atoms with Crippen LogP contribution < -0.4 is 9.47 Å². The largest absolute Gasteiger partial charge is 0.497 e. The number of nitrogens with zero attached hydrogens (tertiary/aromatic N) is 2. The molecule has 0 aliphatic carbocycles. The zero-order chi connectivity index (χ0) is 13.0. The van der Waals surface area contributed by atoms with Crippen molar-refractivity contribution in [3.05, 3.63) is 18.2 Å². The van der Waals surface area contributed by atoms with E-state index in [1.807, 2.05) is 19.1 Å². The second kappa shape index (κ2) is 5.77. The predicted octanol–water partition coefficient (Wildman–Crippen LogP) is 2.87. The molecule has 0 amide bonds. The molecule has 0 saturated heterocycles. The van der Waals surface area contributed by atoms with Crippen LogP contribution in [0.25, 0.3) is 11.5 Å². The third-order valence-electron chi connectivity index (χ3n) is 2.31. The number of hydrogen-bond donors (Lipinski definition) is 0. The molecular weight excluding hydrogens is 252 g/mol. The molecule has 1 aromatic carbocycles. The molecule has 0 bridgehead atoms. The van der Waals surface area contributed by atoms with Gasteiger partial charge in [0.15, 0.2) is 0 Å². The monoisotopic (exact) mass is 266 g/mol. The highest BCUT2D eigenvalue weighted by Crippen LogP contribution is 2.33. The fraction of sp³-hybridized carbons (Fsp3) is 0.333. The van der Waals surface area contributed by atoms with Gasteiger partial charge in [0.1, 0.15) is 11.5 Å². The fourth-order valence-corrected chi connectivity index (χ4v) is 1.96. The Morgan fingerprint density at radius 1 is 1.22 bits per heavy atom. The summed E-state index contributed by atoms with van der Waals surface area (Å²) in [5, 5.41) is 8.53. The lowest BCUT2D eigenvalue weighted by atomic mass is 10.2. The second-order valence-corrected chi connectivity index (χ2v) is 4.59. The van der Waals surface area contributed by atoms with Gasteiger partial charge in [0.05, 0.1) is 19.8 Å². The Morgan fingerprint density at radius 2 is 2.06 bits per heavy atom. The van der Waals surface area contributed by atoms with Gasteiger partial charge in [-0.05, 0) is 17.9 Å². The summed E-state index contributed by atoms with van der Waals surface area (Å²) in [5.41, 5.74) is 0.758. The van der Waals surface area contributed by atoms with Crippen LogP contribution in [-0.4, -0.2) is 30.2 Å². The van der Waals surface area contributed by atoms with Crippen LogP contribution in [0.1, 0.15) is 6.92 Å². The van der Waals surface area contributed by atoms with Crippen LogP contribution in [0.5, 0.6) is 11.5 Å². The van der Waals surface area contributed by atoms with E-state index >= 15 is 0 Å². The maximum Gasteiger partial charge on any atom is 0.276 e. The van der Waals surface area contributed by atoms with Crippen molar-refractivity contribution in [2.24, 2.45) is 0 Å². The summed E-state index contributed by atoms with van der Waals surface area (Å²) < 4.78 is 16.0. The maximum absolute atomic E-state index is 5.55. The number of rotatable bonds is 5. The first-order valence-corrected chi connectivity index (χ1v) is 6.45. The molecule has 18 heavy (non-hydrogen) atoms. The van der Waals surface area contributed by atoms with Gasteiger partial charge in [0, 0.05) is 6.07 Å². The molecule has 0 saturated carbocycles. The average molecular weight is 266 g/mol. The van der Waals surface area contributed by atoms with Gasteiger partial charge in [-0.3, -0.25) is 0 Å². The molecule has 6 heteroatoms. The normalized spacial score (nSPS) is 10.4. The van der Waals surface area contributed by atoms with Gasteiger partial charge in [-0.25, -0.2) is 0 Å². The molecule has 0 N–H and O–H groups in total. The summed E-state index contributed by atoms with van der Waals surface area (Å²) in [6, 6.07) is 5.45. The van der Waals surface area contributed by atoms with Crippen LogP contribution in [0.15, 0.2) is 27.8 Å². The summed E-state index contributed by atoms with van der Waals surface area (Å²) >= 11 is 1.51. The Labute approximate surface area is 110 Å². The Morgan fingerprint density at radius 3 is 2.72 bits per heavy atom. The van der Waals surface area contributed by atoms with Crippen LogP contribution >= 0.6 is 11.8 Å². The molecule has 5 nitrogen and oxygen atoms in total. The third kappa shape index (κ3) is 2.59. The molecule has 96 valence electrons. The molecule has 0 atom stereocenters. The van der Waals surface area contributed by atoms with Gasteiger partial charge in [-0.15, -0.1) is 10.2 Å². The van der Waals surface area contributed by atoms with E-state index in [2.05, 4.69) is 10.2 Å². The lowest BCUT2D eigenvalue weighted by molar-refractivity contribution is 0.393. The molecule has 0 unspecified atom stereocenters. The molecule has 2 aromatic rings. The quantitative estimate of drug-likeness (QED) is 0.776. The maximum atomic E-state index is 5.55. The number of ether oxygens (including phenoxy) is 2. The zero-order valence-electron chi connectivity index (χ0n) is 10.5. The zero-order valence-corrected chi connectivity index (χ0v) is 11.3. The third-order valence-corrected chi connectivity index (χ3v) is 3.01. The van der Waals surface area contributed by atoms with Crippen molar-refractivity contribution in [1.29, 1.82) is 0 Å². The van der Waals surface area contributed by atoms with Crippen LogP contribution in [-0.2, 0) is 0 Å². The summed E-state index contributed by atoms with van der Waals surface area (Å²) in [5.74, 6) is 2.70. The molecule has 0 spiro atoms. The first kappa shape index (κ1) is 12.8. The number of aromatic nitrogens is 2. The van der Waals surface area contributed by atoms with Gasteiger partial charge in [0.25, 0.3) is 11.1 Å². The predicted molar refractivity (Wildman–Crippen MR) is 69.2 cm³/mol. The Hall–Kier alpha value is -1.69. The van der Waals surface area contributed by atoms with Crippen molar-refractivity contribution >= 4 is 11.8 Å². The SMILES string of the molecule is CCSc1nnc(-c2ccc(OC)cc2OC)o1. The molecule has 0 radical (unpaired) electrons. The first-order valence-electron chi connectivity index (χ1n) is 5.47. The van der Waals surface area contributed by atoms with E-state index in [9.17, 15) is 0 Å². The molecule has 0 aliphatic rings. The number of benzene rings is 1. The Balaban J connectivity index is 2.36. The van der Waals surface area contributed by atoms with E-state index < -0.39 is 0 Å². The summed E-state index contributed by atoms with van der Waals surface area (Å²) in [6.07, 6.45) is 0. The highest BCUT2D eigenvalue weighted by Gasteiger charge is 2.14. The van der Waals surface area contributed by atoms with Gasteiger partial charge >= 0.3 is 0 Å². The van der Waals surface area contributed by atoms with Crippen molar-refractivity contribution in [1.82, 2.24) is 10.2 Å². The number of thioether (sulfide) groups is 1. The molecule has 1 heterocycles. The number of hydrogen-bond acceptors (Lipinski definition) is 6. The molecule has 2 rings (SSSR count). The van der Waals surface area contributed by atoms with Gasteiger partial charge in [0.2, 0.25) is 0 Å². The average Bonchev–Trinajstić information content (AvgIpc) is 2.87. The van der Waals surface area contributed by atoms with Crippen LogP contribution in [0.4, 0.5) is 0 Å². The van der Waals surface area contributed by atoms with E-state index in [1.165, 1.54) is 11.8 Å². The topological polar surface area (TPSA) is 57.4 Å². The highest BCUT2D eigenvalue weighted by molar-refractivity contribution is 7.99. The fourth-order valence-electron chi connectivity index (χ4n) is 1.48. The summed E-state index contributed by atoms with van der Waals surface area (Å²) in [6.45, 7) is 2.03. The lowest BCUT2D eigenvalue weighted by Gasteiger charge is -2.07. The summed E-state index contributed by atoms with van der Waals surface area (Å²) in [7, 11) is 3.20. The van der Waals surface area contributed by atoms with Crippen molar-refractivity contribution < 1.29 is 13.9 Å².